The summed E-state index contributed by atoms with van der Waals surface area (Å²) in [6.45, 7) is 4.35. The Morgan fingerprint density at radius 1 is 0.460 bits per heavy atom. The molecule has 10 aromatic rings. The highest BCUT2D eigenvalue weighted by atomic mass is 16.3. The molecule has 0 amide bonds. The second-order valence-corrected chi connectivity index (χ2v) is 12.9. The quantitative estimate of drug-likeness (QED) is 0.136. The Kier molecular flexibility index (Phi) is 4.15. The third-order valence-corrected chi connectivity index (χ3v) is 9.81. The number of hydrogen-bond acceptors (Lipinski definition) is 1. The summed E-state index contributed by atoms with van der Waals surface area (Å²) in [5.41, 5.74) is 2.79. The Morgan fingerprint density at radius 3 is 1.82 bits per heavy atom. The lowest BCUT2D eigenvalue weighted by Gasteiger charge is -2.18. The number of furan rings is 1. The molecule has 10 rings (SSSR count). The predicted octanol–water partition coefficient (Wildman–Crippen LogP) is 14.3. The van der Waals surface area contributed by atoms with Crippen molar-refractivity contribution in [2.75, 3.05) is 0 Å². The van der Waals surface area contributed by atoms with Crippen molar-refractivity contribution >= 4 is 64.8 Å². The fourth-order valence-electron chi connectivity index (χ4n) is 7.42. The Labute approximate surface area is 309 Å². The highest BCUT2D eigenvalue weighted by Gasteiger charge is 2.20. The molecule has 0 saturated carbocycles. The Hall–Kier alpha value is -6.18. The highest BCUT2D eigenvalue weighted by Crippen LogP contribution is 2.46. The molecule has 0 bridgehead atoms. The normalized spacial score (nSPS) is 15.6. The summed E-state index contributed by atoms with van der Waals surface area (Å²) in [6, 6.07) is 21.4. The summed E-state index contributed by atoms with van der Waals surface area (Å²) in [4.78, 5) is 0. The minimum atomic E-state index is -0.674. The van der Waals surface area contributed by atoms with Crippen molar-refractivity contribution in [2.45, 2.75) is 19.8 Å². The van der Waals surface area contributed by atoms with E-state index in [1.54, 1.807) is 6.07 Å². The standard InChI is InChI=1S/C49H34O/c1-30(2)32-22-21-31-23-26-39-37(18-10-19-38(39)45(31)28-32)36-17-9-11-33-27-34(24-25-35(33)36)48-41-13-3-5-15-43(41)49(44-16-6-4-14-42(44)48)46-29-50-47-20-8-7-12-40(46)47/h3-30H,1-2H3/i3D,4D,5D,6D,7D,8D,12D,13D,14D,15D,16D,20D,29D. The average Bonchev–Trinajstić information content (AvgIpc) is 3.64. The van der Waals surface area contributed by atoms with Gasteiger partial charge in [-0.1, -0.05) is 159 Å². The van der Waals surface area contributed by atoms with Crippen molar-refractivity contribution < 1.29 is 22.2 Å². The van der Waals surface area contributed by atoms with Gasteiger partial charge in [-0.3, -0.25) is 0 Å². The number of benzene rings is 9. The maximum absolute atomic E-state index is 9.39. The minimum absolute atomic E-state index is 0.0969. The molecule has 0 aliphatic carbocycles. The molecule has 0 atom stereocenters. The van der Waals surface area contributed by atoms with Gasteiger partial charge in [0.05, 0.1) is 22.7 Å². The summed E-state index contributed by atoms with van der Waals surface area (Å²) < 4.78 is 122. The van der Waals surface area contributed by atoms with Gasteiger partial charge in [0.1, 0.15) is 6.95 Å². The molecule has 9 aromatic carbocycles. The Bertz CT molecular complexity index is 3620. The van der Waals surface area contributed by atoms with Gasteiger partial charge in [-0.05, 0) is 99.7 Å². The topological polar surface area (TPSA) is 13.1 Å². The van der Waals surface area contributed by atoms with Crippen LogP contribution in [0.5, 0.6) is 0 Å². The van der Waals surface area contributed by atoms with Crippen LogP contribution in [0.2, 0.25) is 0 Å². The lowest BCUT2D eigenvalue weighted by Crippen LogP contribution is -1.91. The van der Waals surface area contributed by atoms with E-state index < -0.39 is 78.7 Å². The maximum Gasteiger partial charge on any atom is 0.134 e. The third kappa shape index (κ3) is 4.33. The zero-order chi connectivity index (χ0) is 44.7. The smallest absolute Gasteiger partial charge is 0.134 e. The molecule has 50 heavy (non-hydrogen) atoms. The van der Waals surface area contributed by atoms with Crippen LogP contribution in [0.3, 0.4) is 0 Å². The lowest BCUT2D eigenvalue weighted by atomic mass is 9.85. The molecule has 0 saturated heterocycles. The van der Waals surface area contributed by atoms with E-state index in [1.807, 2.05) is 36.4 Å². The molecular weight excluding hydrogens is 605 g/mol. The van der Waals surface area contributed by atoms with Crippen LogP contribution in [-0.4, -0.2) is 0 Å². The summed E-state index contributed by atoms with van der Waals surface area (Å²) in [5, 5.41) is 5.23. The second-order valence-electron chi connectivity index (χ2n) is 12.9. The number of hydrogen-bond donors (Lipinski definition) is 0. The van der Waals surface area contributed by atoms with Gasteiger partial charge in [0.25, 0.3) is 0 Å². The van der Waals surface area contributed by atoms with E-state index in [9.17, 15) is 5.48 Å². The molecule has 0 unspecified atom stereocenters. The van der Waals surface area contributed by atoms with Gasteiger partial charge in [0.2, 0.25) is 0 Å². The van der Waals surface area contributed by atoms with Crippen molar-refractivity contribution in [2.24, 2.45) is 0 Å². The molecule has 0 N–H and O–H groups in total. The summed E-state index contributed by atoms with van der Waals surface area (Å²) in [7, 11) is 0. The van der Waals surface area contributed by atoms with Crippen LogP contribution in [0, 0.1) is 0 Å². The van der Waals surface area contributed by atoms with Crippen molar-refractivity contribution in [3.05, 3.63) is 169 Å². The first kappa shape index (κ1) is 18.5. The van der Waals surface area contributed by atoms with Crippen LogP contribution in [0.15, 0.2) is 168 Å². The Morgan fingerprint density at radius 2 is 1.08 bits per heavy atom. The summed E-state index contributed by atoms with van der Waals surface area (Å²) in [6.07, 6.45) is -0.674. The summed E-state index contributed by atoms with van der Waals surface area (Å²) in [5.74, 6) is 0.356. The molecule has 1 heteroatoms. The maximum atomic E-state index is 9.39. The monoisotopic (exact) mass is 651 g/mol. The van der Waals surface area contributed by atoms with Crippen molar-refractivity contribution in [3.63, 3.8) is 0 Å². The highest BCUT2D eigenvalue weighted by molar-refractivity contribution is 6.24. The fraction of sp³-hybridized carbons (Fsp3) is 0.0612. The fourth-order valence-corrected chi connectivity index (χ4v) is 7.42. The van der Waals surface area contributed by atoms with Crippen molar-refractivity contribution in [1.29, 1.82) is 0 Å². The molecule has 236 valence electrons. The molecule has 0 aliphatic heterocycles. The van der Waals surface area contributed by atoms with Gasteiger partial charge >= 0.3 is 0 Å². The SMILES string of the molecule is [2H]c1oc2c([2H])c([2H])c([2H])c([2H])c2c1-c1c2c([2H])c([2H])c([2H])c([2H])c2c(-c2ccc3c(-c4cccc5c4ccc4ccc(C(C)C)cc45)cccc3c2)c2c([2H])c([2H])c([2H])c([2H])c12. The van der Waals surface area contributed by atoms with Crippen LogP contribution in [-0.2, 0) is 0 Å². The van der Waals surface area contributed by atoms with Crippen LogP contribution >= 0.6 is 0 Å². The lowest BCUT2D eigenvalue weighted by molar-refractivity contribution is 0.617. The second kappa shape index (κ2) is 11.2. The van der Waals surface area contributed by atoms with Crippen LogP contribution in [0.1, 0.15) is 43.1 Å². The molecule has 0 spiro atoms. The van der Waals surface area contributed by atoms with E-state index in [0.29, 0.717) is 11.5 Å². The first-order chi connectivity index (χ1) is 30.0. The first-order valence-electron chi connectivity index (χ1n) is 23.0. The minimum Gasteiger partial charge on any atom is -0.464 e. The molecular formula is C49H34O. The largest absolute Gasteiger partial charge is 0.464 e. The van der Waals surface area contributed by atoms with Crippen molar-refractivity contribution in [1.82, 2.24) is 0 Å². The average molecular weight is 652 g/mol. The van der Waals surface area contributed by atoms with E-state index in [2.05, 4.69) is 56.3 Å². The zero-order valence-electron chi connectivity index (χ0n) is 40.1. The van der Waals surface area contributed by atoms with Gasteiger partial charge in [0.15, 0.2) is 0 Å². The molecule has 0 radical (unpaired) electrons. The molecule has 1 aromatic heterocycles. The van der Waals surface area contributed by atoms with Gasteiger partial charge in [-0.15, -0.1) is 0 Å². The predicted molar refractivity (Wildman–Crippen MR) is 214 cm³/mol. The zero-order valence-corrected chi connectivity index (χ0v) is 27.1. The Balaban J connectivity index is 1.33. The molecule has 1 nitrogen and oxygen atoms in total. The first-order valence-corrected chi connectivity index (χ1v) is 16.5. The van der Waals surface area contributed by atoms with Crippen molar-refractivity contribution in [3.8, 4) is 33.4 Å². The van der Waals surface area contributed by atoms with Crippen LogP contribution in [0.25, 0.3) is 98.2 Å². The number of fused-ring (bicyclic) bond motifs is 7. The van der Waals surface area contributed by atoms with E-state index in [0.717, 1.165) is 43.4 Å². The summed E-state index contributed by atoms with van der Waals surface area (Å²) >= 11 is 0. The number of rotatable bonds is 4. The molecule has 0 fully saturated rings. The van der Waals surface area contributed by atoms with E-state index in [1.165, 1.54) is 5.56 Å². The third-order valence-electron chi connectivity index (χ3n) is 9.81. The van der Waals surface area contributed by atoms with E-state index >= 15 is 0 Å². The van der Waals surface area contributed by atoms with Gasteiger partial charge in [-0.2, -0.15) is 0 Å². The number of para-hydroxylation sites is 1. The van der Waals surface area contributed by atoms with Gasteiger partial charge in [-0.25, -0.2) is 0 Å². The van der Waals surface area contributed by atoms with E-state index in [4.69, 9.17) is 16.8 Å². The van der Waals surface area contributed by atoms with Crippen LogP contribution < -0.4 is 0 Å². The molecule has 0 aliphatic rings. The van der Waals surface area contributed by atoms with E-state index in [-0.39, 0.29) is 49.2 Å². The van der Waals surface area contributed by atoms with Gasteiger partial charge in [0, 0.05) is 16.5 Å². The molecule has 1 heterocycles. The van der Waals surface area contributed by atoms with Crippen LogP contribution in [0.4, 0.5) is 0 Å². The van der Waals surface area contributed by atoms with Gasteiger partial charge < -0.3 is 4.42 Å².